The van der Waals surface area contributed by atoms with Gasteiger partial charge >= 0.3 is 5.97 Å². The maximum atomic E-state index is 12.7. The maximum absolute atomic E-state index is 12.7. The van der Waals surface area contributed by atoms with E-state index >= 15 is 0 Å². The van der Waals surface area contributed by atoms with Crippen LogP contribution in [0.3, 0.4) is 0 Å². The molecule has 29 heavy (non-hydrogen) atoms. The summed E-state index contributed by atoms with van der Waals surface area (Å²) >= 11 is 0. The zero-order chi connectivity index (χ0) is 20.2. The van der Waals surface area contributed by atoms with Crippen LogP contribution in [-0.4, -0.2) is 23.3 Å². The molecule has 0 bridgehead atoms. The van der Waals surface area contributed by atoms with Crippen molar-refractivity contribution >= 4 is 5.97 Å². The largest absolute Gasteiger partial charge is 0.458 e. The second-order valence-electron chi connectivity index (χ2n) is 11.0. The molecule has 3 heteroatoms. The van der Waals surface area contributed by atoms with Crippen molar-refractivity contribution in [2.24, 2.45) is 34.5 Å². The molecule has 4 aliphatic rings. The standard InChI is InChI=1S/C26H36O3/c1-25-14-12-19(27)16-18(25)8-9-20-21-10-11-23(26(21,2)15-13-22(20)25)29-24(28)17-6-4-3-5-7-17/h3-7,18-23,27H,8-16H2,1-2H3/t18-,19-,20-,21+,22-,23-,25+,26+/m0/s1. The molecule has 0 spiro atoms. The van der Waals surface area contributed by atoms with E-state index < -0.39 is 0 Å². The van der Waals surface area contributed by atoms with Gasteiger partial charge in [-0.25, -0.2) is 4.79 Å². The Bertz CT molecular complexity index is 760. The highest BCUT2D eigenvalue weighted by atomic mass is 16.5. The quantitative estimate of drug-likeness (QED) is 0.660. The number of ether oxygens (including phenoxy) is 1. The lowest BCUT2D eigenvalue weighted by Gasteiger charge is -2.60. The maximum Gasteiger partial charge on any atom is 0.338 e. The average molecular weight is 397 g/mol. The first-order chi connectivity index (χ1) is 13.9. The van der Waals surface area contributed by atoms with E-state index in [9.17, 15) is 9.90 Å². The van der Waals surface area contributed by atoms with Crippen LogP contribution >= 0.6 is 0 Å². The van der Waals surface area contributed by atoms with Crippen LogP contribution in [0.15, 0.2) is 30.3 Å². The Morgan fingerprint density at radius 2 is 1.66 bits per heavy atom. The number of hydrogen-bond acceptors (Lipinski definition) is 3. The van der Waals surface area contributed by atoms with E-state index in [1.165, 1.54) is 38.5 Å². The molecule has 1 aromatic carbocycles. The summed E-state index contributed by atoms with van der Waals surface area (Å²) in [6.45, 7) is 4.94. The third-order valence-electron chi connectivity index (χ3n) is 9.81. The van der Waals surface area contributed by atoms with Crippen molar-refractivity contribution in [2.75, 3.05) is 0 Å². The second kappa shape index (κ2) is 7.11. The lowest BCUT2D eigenvalue weighted by molar-refractivity contribution is -0.134. The summed E-state index contributed by atoms with van der Waals surface area (Å²) in [5.74, 6) is 2.78. The summed E-state index contributed by atoms with van der Waals surface area (Å²) in [6, 6.07) is 9.45. The van der Waals surface area contributed by atoms with Crippen LogP contribution in [0.4, 0.5) is 0 Å². The van der Waals surface area contributed by atoms with Crippen LogP contribution in [0.5, 0.6) is 0 Å². The Balaban J connectivity index is 1.34. The first-order valence-electron chi connectivity index (χ1n) is 11.9. The molecule has 0 radical (unpaired) electrons. The summed E-state index contributed by atoms with van der Waals surface area (Å²) in [7, 11) is 0. The molecular weight excluding hydrogens is 360 g/mol. The molecule has 0 heterocycles. The fourth-order valence-corrected chi connectivity index (χ4v) is 8.15. The predicted molar refractivity (Wildman–Crippen MR) is 113 cm³/mol. The molecule has 0 saturated heterocycles. The highest BCUT2D eigenvalue weighted by Gasteiger charge is 2.61. The molecule has 4 aliphatic carbocycles. The second-order valence-corrected chi connectivity index (χ2v) is 11.0. The van der Waals surface area contributed by atoms with Gasteiger partial charge in [0.15, 0.2) is 0 Å². The summed E-state index contributed by atoms with van der Waals surface area (Å²) < 4.78 is 6.12. The van der Waals surface area contributed by atoms with E-state index in [0.717, 1.165) is 31.1 Å². The number of esters is 1. The molecule has 0 unspecified atom stereocenters. The van der Waals surface area contributed by atoms with Gasteiger partial charge in [0.2, 0.25) is 0 Å². The minimum Gasteiger partial charge on any atom is -0.458 e. The van der Waals surface area contributed by atoms with E-state index in [4.69, 9.17) is 4.74 Å². The highest BCUT2D eigenvalue weighted by Crippen LogP contribution is 2.66. The van der Waals surface area contributed by atoms with Gasteiger partial charge in [0.25, 0.3) is 0 Å². The van der Waals surface area contributed by atoms with E-state index in [1.807, 2.05) is 30.3 Å². The Hall–Kier alpha value is -1.35. The van der Waals surface area contributed by atoms with Crippen LogP contribution in [0.25, 0.3) is 0 Å². The fraction of sp³-hybridized carbons (Fsp3) is 0.731. The third kappa shape index (κ3) is 3.07. The minimum atomic E-state index is -0.156. The van der Waals surface area contributed by atoms with Crippen molar-refractivity contribution in [3.8, 4) is 0 Å². The lowest BCUT2D eigenvalue weighted by Crippen LogP contribution is -2.54. The van der Waals surface area contributed by atoms with Crippen LogP contribution in [0.1, 0.15) is 82.0 Å². The molecular formula is C26H36O3. The molecule has 0 aliphatic heterocycles. The van der Waals surface area contributed by atoms with Gasteiger partial charge < -0.3 is 9.84 Å². The summed E-state index contributed by atoms with van der Waals surface area (Å²) in [5.41, 5.74) is 1.20. The molecule has 3 nitrogen and oxygen atoms in total. The monoisotopic (exact) mass is 396 g/mol. The molecule has 1 N–H and O–H groups in total. The van der Waals surface area contributed by atoms with Gasteiger partial charge in [0.05, 0.1) is 11.7 Å². The Labute approximate surface area is 175 Å². The van der Waals surface area contributed by atoms with Crippen molar-refractivity contribution in [3.63, 3.8) is 0 Å². The first-order valence-corrected chi connectivity index (χ1v) is 11.9. The number of hydrogen-bond donors (Lipinski definition) is 1. The van der Waals surface area contributed by atoms with E-state index in [2.05, 4.69) is 13.8 Å². The minimum absolute atomic E-state index is 0.0554. The van der Waals surface area contributed by atoms with E-state index in [0.29, 0.717) is 22.8 Å². The van der Waals surface area contributed by atoms with Crippen molar-refractivity contribution < 1.29 is 14.6 Å². The SMILES string of the molecule is C[C@@]12CC[C@H]3[C@@H](CC[C@H]4C[C@@H](O)CC[C@]43C)[C@H]1CC[C@@H]2OC(=O)c1ccccc1. The smallest absolute Gasteiger partial charge is 0.338 e. The molecule has 0 aromatic heterocycles. The predicted octanol–water partition coefficient (Wildman–Crippen LogP) is 5.62. The Morgan fingerprint density at radius 1 is 0.931 bits per heavy atom. The van der Waals surface area contributed by atoms with Crippen molar-refractivity contribution in [2.45, 2.75) is 83.8 Å². The van der Waals surface area contributed by atoms with E-state index in [1.54, 1.807) is 0 Å². The number of rotatable bonds is 2. The van der Waals surface area contributed by atoms with Gasteiger partial charge in [-0.1, -0.05) is 32.0 Å². The summed E-state index contributed by atoms with van der Waals surface area (Å²) in [4.78, 5) is 12.7. The summed E-state index contributed by atoms with van der Waals surface area (Å²) in [5, 5.41) is 10.2. The number of benzene rings is 1. The van der Waals surface area contributed by atoms with Gasteiger partial charge in [0.1, 0.15) is 6.10 Å². The van der Waals surface area contributed by atoms with Gasteiger partial charge in [-0.15, -0.1) is 0 Å². The van der Waals surface area contributed by atoms with Gasteiger partial charge in [0, 0.05) is 5.41 Å². The van der Waals surface area contributed by atoms with Crippen LogP contribution in [0.2, 0.25) is 0 Å². The molecule has 5 rings (SSSR count). The zero-order valence-corrected chi connectivity index (χ0v) is 18.0. The topological polar surface area (TPSA) is 46.5 Å². The third-order valence-corrected chi connectivity index (χ3v) is 9.81. The Morgan fingerprint density at radius 3 is 2.45 bits per heavy atom. The molecule has 158 valence electrons. The first kappa shape index (κ1) is 19.6. The van der Waals surface area contributed by atoms with Gasteiger partial charge in [-0.3, -0.25) is 0 Å². The molecule has 0 amide bonds. The van der Waals surface area contributed by atoms with Crippen LogP contribution in [0, 0.1) is 34.5 Å². The number of carbonyl (C=O) groups excluding carboxylic acids is 1. The Kier molecular flexibility index (Phi) is 4.81. The molecule has 4 fully saturated rings. The van der Waals surface area contributed by atoms with Gasteiger partial charge in [-0.05, 0) is 99.0 Å². The van der Waals surface area contributed by atoms with Crippen molar-refractivity contribution in [3.05, 3.63) is 35.9 Å². The number of aliphatic hydroxyl groups excluding tert-OH is 1. The summed E-state index contributed by atoms with van der Waals surface area (Å²) in [6.07, 6.45) is 10.4. The number of carbonyl (C=O) groups is 1. The molecule has 8 atom stereocenters. The molecule has 4 saturated carbocycles. The van der Waals surface area contributed by atoms with Crippen LogP contribution < -0.4 is 0 Å². The van der Waals surface area contributed by atoms with Crippen molar-refractivity contribution in [1.82, 2.24) is 0 Å². The highest BCUT2D eigenvalue weighted by molar-refractivity contribution is 5.89. The zero-order valence-electron chi connectivity index (χ0n) is 18.0. The number of fused-ring (bicyclic) bond motifs is 5. The van der Waals surface area contributed by atoms with Crippen LogP contribution in [-0.2, 0) is 4.74 Å². The van der Waals surface area contributed by atoms with Crippen molar-refractivity contribution in [1.29, 1.82) is 0 Å². The lowest BCUT2D eigenvalue weighted by atomic mass is 9.45. The molecule has 1 aromatic rings. The number of aliphatic hydroxyl groups is 1. The fourth-order valence-electron chi connectivity index (χ4n) is 8.15. The van der Waals surface area contributed by atoms with Gasteiger partial charge in [-0.2, -0.15) is 0 Å². The normalized spacial score (nSPS) is 46.3. The average Bonchev–Trinajstić information content (AvgIpc) is 3.05. The van der Waals surface area contributed by atoms with E-state index in [-0.39, 0.29) is 23.6 Å².